The highest BCUT2D eigenvalue weighted by Crippen LogP contribution is 2.14. The second-order valence-electron chi connectivity index (χ2n) is 3.70. The van der Waals surface area contributed by atoms with Gasteiger partial charge in [0.05, 0.1) is 4.90 Å². The molecule has 0 amide bonds. The molecule has 0 saturated carbocycles. The van der Waals surface area contributed by atoms with E-state index in [0.717, 1.165) is 0 Å². The van der Waals surface area contributed by atoms with Gasteiger partial charge in [-0.1, -0.05) is 11.8 Å². The summed E-state index contributed by atoms with van der Waals surface area (Å²) in [6.07, 6.45) is 1.45. The molecule has 0 spiro atoms. The average Bonchev–Trinajstić information content (AvgIpc) is 2.46. The first-order chi connectivity index (χ1) is 9.62. The van der Waals surface area contributed by atoms with Crippen molar-refractivity contribution in [3.8, 4) is 11.8 Å². The van der Waals surface area contributed by atoms with Crippen LogP contribution in [0.5, 0.6) is 0 Å². The van der Waals surface area contributed by atoms with Crippen LogP contribution >= 0.6 is 0 Å². The lowest BCUT2D eigenvalue weighted by atomic mass is 10.2. The standard InChI is InChI=1S/C13H11N3O3S/c17-10-2-3-11-5-7-12(8-6-11)20(18,19)16-13-4-1-9-14-15-13/h1,4-9,17H,10H2,(H,15,16). The Morgan fingerprint density at radius 3 is 2.55 bits per heavy atom. The lowest BCUT2D eigenvalue weighted by Gasteiger charge is -2.06. The van der Waals surface area contributed by atoms with E-state index in [1.54, 1.807) is 18.2 Å². The molecule has 0 bridgehead atoms. The molecule has 0 saturated heterocycles. The monoisotopic (exact) mass is 289 g/mol. The van der Waals surface area contributed by atoms with Crippen LogP contribution in [0, 0.1) is 11.8 Å². The van der Waals surface area contributed by atoms with E-state index < -0.39 is 10.0 Å². The van der Waals surface area contributed by atoms with Crippen LogP contribution in [0.1, 0.15) is 5.56 Å². The minimum absolute atomic E-state index is 0.0951. The number of hydrogen-bond acceptors (Lipinski definition) is 5. The van der Waals surface area contributed by atoms with E-state index in [1.807, 2.05) is 0 Å². The summed E-state index contributed by atoms with van der Waals surface area (Å²) in [4.78, 5) is 0.0951. The maximum Gasteiger partial charge on any atom is 0.263 e. The molecule has 1 heterocycles. The number of aromatic nitrogens is 2. The summed E-state index contributed by atoms with van der Waals surface area (Å²) in [6, 6.07) is 9.08. The van der Waals surface area contributed by atoms with Gasteiger partial charge in [-0.25, -0.2) is 8.42 Å². The zero-order chi connectivity index (χ0) is 14.4. The van der Waals surface area contributed by atoms with Gasteiger partial charge >= 0.3 is 0 Å². The molecule has 0 aliphatic rings. The van der Waals surface area contributed by atoms with Crippen molar-refractivity contribution in [3.63, 3.8) is 0 Å². The zero-order valence-electron chi connectivity index (χ0n) is 10.3. The van der Waals surface area contributed by atoms with E-state index in [2.05, 4.69) is 26.8 Å². The van der Waals surface area contributed by atoms with Crippen LogP contribution in [0.4, 0.5) is 5.82 Å². The summed E-state index contributed by atoms with van der Waals surface area (Å²) in [5, 5.41) is 15.8. The third-order valence-electron chi connectivity index (χ3n) is 2.29. The highest BCUT2D eigenvalue weighted by atomic mass is 32.2. The van der Waals surface area contributed by atoms with Gasteiger partial charge in [-0.2, -0.15) is 5.10 Å². The quantitative estimate of drug-likeness (QED) is 0.808. The van der Waals surface area contributed by atoms with Gasteiger partial charge in [-0.15, -0.1) is 5.10 Å². The molecule has 20 heavy (non-hydrogen) atoms. The highest BCUT2D eigenvalue weighted by molar-refractivity contribution is 7.92. The molecule has 2 aromatic rings. The molecule has 0 radical (unpaired) electrons. The zero-order valence-corrected chi connectivity index (χ0v) is 11.1. The Balaban J connectivity index is 2.22. The van der Waals surface area contributed by atoms with Crippen LogP contribution < -0.4 is 4.72 Å². The first-order valence-corrected chi connectivity index (χ1v) is 7.10. The van der Waals surface area contributed by atoms with Gasteiger partial charge in [0, 0.05) is 11.8 Å². The molecule has 0 atom stereocenters. The van der Waals surface area contributed by atoms with Crippen molar-refractivity contribution in [2.45, 2.75) is 4.90 Å². The fourth-order valence-electron chi connectivity index (χ4n) is 1.41. The third-order valence-corrected chi connectivity index (χ3v) is 3.66. The van der Waals surface area contributed by atoms with Gasteiger partial charge in [0.15, 0.2) is 5.82 Å². The Hall–Kier alpha value is -2.43. The second kappa shape index (κ2) is 6.14. The van der Waals surface area contributed by atoms with E-state index in [0.29, 0.717) is 5.56 Å². The molecular weight excluding hydrogens is 278 g/mol. The smallest absolute Gasteiger partial charge is 0.263 e. The maximum absolute atomic E-state index is 12.1. The molecule has 7 heteroatoms. The second-order valence-corrected chi connectivity index (χ2v) is 5.38. The number of anilines is 1. The lowest BCUT2D eigenvalue weighted by molar-refractivity contribution is 0.350. The van der Waals surface area contributed by atoms with Gasteiger partial charge in [0.2, 0.25) is 0 Å². The molecule has 2 rings (SSSR count). The number of benzene rings is 1. The van der Waals surface area contributed by atoms with Crippen molar-refractivity contribution in [3.05, 3.63) is 48.2 Å². The van der Waals surface area contributed by atoms with E-state index in [1.165, 1.54) is 24.4 Å². The summed E-state index contributed by atoms with van der Waals surface area (Å²) in [5.74, 6) is 5.32. The average molecular weight is 289 g/mol. The van der Waals surface area contributed by atoms with Crippen LogP contribution in [-0.4, -0.2) is 30.3 Å². The Morgan fingerprint density at radius 2 is 1.95 bits per heavy atom. The van der Waals surface area contributed by atoms with Crippen molar-refractivity contribution in [2.24, 2.45) is 0 Å². The van der Waals surface area contributed by atoms with Crippen LogP contribution in [0.3, 0.4) is 0 Å². The van der Waals surface area contributed by atoms with E-state index in [9.17, 15) is 8.42 Å². The summed E-state index contributed by atoms with van der Waals surface area (Å²) >= 11 is 0. The maximum atomic E-state index is 12.1. The van der Waals surface area contributed by atoms with Gasteiger partial charge in [-0.3, -0.25) is 4.72 Å². The summed E-state index contributed by atoms with van der Waals surface area (Å²) in [5.41, 5.74) is 0.623. The van der Waals surface area contributed by atoms with Crippen molar-refractivity contribution in [1.82, 2.24) is 10.2 Å². The highest BCUT2D eigenvalue weighted by Gasteiger charge is 2.14. The normalized spacial score (nSPS) is 10.4. The minimum Gasteiger partial charge on any atom is -0.384 e. The van der Waals surface area contributed by atoms with Gasteiger partial charge in [0.25, 0.3) is 10.0 Å². The number of sulfonamides is 1. The number of rotatable bonds is 3. The predicted molar refractivity (Wildman–Crippen MR) is 73.2 cm³/mol. The molecule has 1 aromatic carbocycles. The Labute approximate surface area is 116 Å². The Kier molecular flexibility index (Phi) is 4.30. The summed E-state index contributed by atoms with van der Waals surface area (Å²) in [6.45, 7) is -0.242. The van der Waals surface area contributed by atoms with E-state index >= 15 is 0 Å². The van der Waals surface area contributed by atoms with Crippen LogP contribution in [0.15, 0.2) is 47.5 Å². The van der Waals surface area contributed by atoms with Crippen molar-refractivity contribution < 1.29 is 13.5 Å². The lowest BCUT2D eigenvalue weighted by Crippen LogP contribution is -2.14. The fourth-order valence-corrected chi connectivity index (χ4v) is 2.41. The first kappa shape index (κ1) is 14.0. The molecule has 0 unspecified atom stereocenters. The summed E-state index contributed by atoms with van der Waals surface area (Å²) in [7, 11) is -3.70. The van der Waals surface area contributed by atoms with Crippen molar-refractivity contribution in [2.75, 3.05) is 11.3 Å². The van der Waals surface area contributed by atoms with Gasteiger partial charge in [0.1, 0.15) is 6.61 Å². The first-order valence-electron chi connectivity index (χ1n) is 5.62. The number of aliphatic hydroxyl groups excluding tert-OH is 1. The van der Waals surface area contributed by atoms with Crippen molar-refractivity contribution >= 4 is 15.8 Å². The largest absolute Gasteiger partial charge is 0.384 e. The fraction of sp³-hybridized carbons (Fsp3) is 0.0769. The number of hydrogen-bond donors (Lipinski definition) is 2. The molecule has 0 fully saturated rings. The molecule has 0 aliphatic carbocycles. The van der Waals surface area contributed by atoms with E-state index in [4.69, 9.17) is 5.11 Å². The minimum atomic E-state index is -3.70. The number of nitrogens with zero attached hydrogens (tertiary/aromatic N) is 2. The third kappa shape index (κ3) is 3.54. The number of nitrogens with one attached hydrogen (secondary N) is 1. The molecule has 1 aromatic heterocycles. The van der Waals surface area contributed by atoms with Crippen LogP contribution in [0.2, 0.25) is 0 Å². The topological polar surface area (TPSA) is 92.2 Å². The Bertz CT molecular complexity index is 732. The summed E-state index contributed by atoms with van der Waals surface area (Å²) < 4.78 is 26.5. The number of aliphatic hydroxyl groups is 1. The van der Waals surface area contributed by atoms with E-state index in [-0.39, 0.29) is 17.3 Å². The Morgan fingerprint density at radius 1 is 1.20 bits per heavy atom. The van der Waals surface area contributed by atoms with Crippen molar-refractivity contribution in [1.29, 1.82) is 0 Å². The molecule has 102 valence electrons. The van der Waals surface area contributed by atoms with Crippen LogP contribution in [-0.2, 0) is 10.0 Å². The molecule has 6 nitrogen and oxygen atoms in total. The molecule has 0 aliphatic heterocycles. The molecular formula is C13H11N3O3S. The van der Waals surface area contributed by atoms with Crippen LogP contribution in [0.25, 0.3) is 0 Å². The van der Waals surface area contributed by atoms with Gasteiger partial charge in [-0.05, 0) is 36.4 Å². The van der Waals surface area contributed by atoms with Gasteiger partial charge < -0.3 is 5.11 Å². The predicted octanol–water partition coefficient (Wildman–Crippen LogP) is 0.621. The molecule has 2 N–H and O–H groups in total. The SMILES string of the molecule is O=S(=O)(Nc1cccnn1)c1ccc(C#CCO)cc1.